The average Bonchev–Trinajstić information content (AvgIpc) is 2.93. The van der Waals surface area contributed by atoms with E-state index in [1.807, 2.05) is 56.3 Å². The number of pyridine rings is 1. The number of halogens is 1. The van der Waals surface area contributed by atoms with Crippen molar-refractivity contribution in [3.8, 4) is 5.75 Å². The van der Waals surface area contributed by atoms with Crippen molar-refractivity contribution in [1.29, 1.82) is 0 Å². The van der Waals surface area contributed by atoms with Crippen LogP contribution in [0.15, 0.2) is 72.3 Å². The summed E-state index contributed by atoms with van der Waals surface area (Å²) in [6.07, 6.45) is 1.85. The number of Topliss-reactive ketones (excluding diaryl/α,β-unsaturated/α-hetero) is 1. The van der Waals surface area contributed by atoms with Crippen LogP contribution in [-0.4, -0.2) is 55.6 Å². The van der Waals surface area contributed by atoms with E-state index in [4.69, 9.17) is 14.5 Å². The Hall–Kier alpha value is -3.55. The summed E-state index contributed by atoms with van der Waals surface area (Å²) in [5.41, 5.74) is 2.10. The molecule has 0 N–H and O–H groups in total. The molecule has 0 amide bonds. The van der Waals surface area contributed by atoms with Gasteiger partial charge in [-0.3, -0.25) is 9.69 Å². The summed E-state index contributed by atoms with van der Waals surface area (Å²) in [7, 11) is 1.52. The standard InChI is InChI=1S/C31H34FN3O3/c1-31(2)21-35(20-22-8-5-4-6-9-22)29(25-13-12-24(37-3)19-27(25)32)26(30(31)36)18-23-10-7-11-28(33-23)34-14-16-38-17-15-34/h4-13,18-19,29H,14-17,20-21H2,1-3H3/b26-18-. The molecule has 2 aliphatic heterocycles. The lowest BCUT2D eigenvalue weighted by atomic mass is 9.74. The molecular formula is C31H34FN3O3. The van der Waals surface area contributed by atoms with Crippen molar-refractivity contribution >= 4 is 17.7 Å². The second-order valence-corrected chi connectivity index (χ2v) is 10.5. The Balaban J connectivity index is 1.61. The number of hydrogen-bond acceptors (Lipinski definition) is 6. The molecule has 1 aromatic heterocycles. The second-order valence-electron chi connectivity index (χ2n) is 10.5. The van der Waals surface area contributed by atoms with Gasteiger partial charge in [-0.2, -0.15) is 0 Å². The molecule has 0 radical (unpaired) electrons. The molecule has 6 nitrogen and oxygen atoms in total. The van der Waals surface area contributed by atoms with Crippen LogP contribution in [0.4, 0.5) is 10.2 Å². The minimum absolute atomic E-state index is 0.000560. The van der Waals surface area contributed by atoms with Crippen molar-refractivity contribution in [2.75, 3.05) is 44.9 Å². The molecule has 2 aromatic carbocycles. The predicted octanol–water partition coefficient (Wildman–Crippen LogP) is 5.30. The number of methoxy groups -OCH3 is 1. The summed E-state index contributed by atoms with van der Waals surface area (Å²) in [5.74, 6) is 0.883. The van der Waals surface area contributed by atoms with Gasteiger partial charge in [0.1, 0.15) is 17.4 Å². The van der Waals surface area contributed by atoms with E-state index in [1.54, 1.807) is 12.1 Å². The lowest BCUT2D eigenvalue weighted by Gasteiger charge is -2.44. The molecule has 0 spiro atoms. The fourth-order valence-electron chi connectivity index (χ4n) is 5.36. The molecule has 2 fully saturated rings. The predicted molar refractivity (Wildman–Crippen MR) is 147 cm³/mol. The van der Waals surface area contributed by atoms with Crippen LogP contribution >= 0.6 is 0 Å². The maximum atomic E-state index is 15.6. The molecule has 3 heterocycles. The number of piperidine rings is 1. The summed E-state index contributed by atoms with van der Waals surface area (Å²) in [5, 5.41) is 0. The number of benzene rings is 2. The van der Waals surface area contributed by atoms with Crippen molar-refractivity contribution in [3.05, 3.63) is 94.9 Å². The van der Waals surface area contributed by atoms with Crippen molar-refractivity contribution < 1.29 is 18.7 Å². The zero-order valence-electron chi connectivity index (χ0n) is 22.2. The highest BCUT2D eigenvalue weighted by atomic mass is 19.1. The lowest BCUT2D eigenvalue weighted by Crippen LogP contribution is -2.49. The van der Waals surface area contributed by atoms with E-state index >= 15 is 4.39 Å². The first kappa shape index (κ1) is 26.1. The number of anilines is 1. The number of ketones is 1. The van der Waals surface area contributed by atoms with Crippen molar-refractivity contribution in [3.63, 3.8) is 0 Å². The second kappa shape index (κ2) is 11.1. The molecule has 7 heteroatoms. The number of aromatic nitrogens is 1. The van der Waals surface area contributed by atoms with Gasteiger partial charge in [0, 0.05) is 48.8 Å². The van der Waals surface area contributed by atoms with Crippen LogP contribution in [0.1, 0.15) is 36.7 Å². The Morgan fingerprint density at radius 2 is 1.84 bits per heavy atom. The molecule has 0 aliphatic carbocycles. The Bertz CT molecular complexity index is 1320. The highest BCUT2D eigenvalue weighted by molar-refractivity contribution is 6.05. The number of carbonyl (C=O) groups is 1. The van der Waals surface area contributed by atoms with Gasteiger partial charge in [-0.15, -0.1) is 0 Å². The van der Waals surface area contributed by atoms with Crippen molar-refractivity contribution in [1.82, 2.24) is 9.88 Å². The van der Waals surface area contributed by atoms with Crippen LogP contribution in [-0.2, 0) is 16.1 Å². The van der Waals surface area contributed by atoms with E-state index in [9.17, 15) is 4.79 Å². The zero-order chi connectivity index (χ0) is 26.7. The summed E-state index contributed by atoms with van der Waals surface area (Å²) in [6, 6.07) is 20.2. The van der Waals surface area contributed by atoms with Crippen LogP contribution in [0.25, 0.3) is 6.08 Å². The van der Waals surface area contributed by atoms with Gasteiger partial charge in [0.2, 0.25) is 0 Å². The van der Waals surface area contributed by atoms with Gasteiger partial charge in [-0.25, -0.2) is 9.37 Å². The van der Waals surface area contributed by atoms with Gasteiger partial charge in [0.25, 0.3) is 0 Å². The summed E-state index contributed by atoms with van der Waals surface area (Å²) < 4.78 is 26.3. The minimum atomic E-state index is -0.651. The average molecular weight is 516 g/mol. The molecule has 2 aliphatic rings. The van der Waals surface area contributed by atoms with Gasteiger partial charge in [0.15, 0.2) is 5.78 Å². The van der Waals surface area contributed by atoms with Gasteiger partial charge in [0.05, 0.1) is 32.1 Å². The summed E-state index contributed by atoms with van der Waals surface area (Å²) >= 11 is 0. The molecule has 1 unspecified atom stereocenters. The quantitative estimate of drug-likeness (QED) is 0.415. The third kappa shape index (κ3) is 5.49. The molecule has 2 saturated heterocycles. The van der Waals surface area contributed by atoms with E-state index in [-0.39, 0.29) is 5.78 Å². The normalized spacial score (nSPS) is 21.1. The number of rotatable bonds is 6. The number of morpholine rings is 1. The highest BCUT2D eigenvalue weighted by Crippen LogP contribution is 2.43. The molecule has 198 valence electrons. The van der Waals surface area contributed by atoms with Gasteiger partial charge < -0.3 is 14.4 Å². The van der Waals surface area contributed by atoms with E-state index < -0.39 is 17.3 Å². The number of likely N-dealkylation sites (tertiary alicyclic amines) is 1. The first-order valence-corrected chi connectivity index (χ1v) is 13.0. The fourth-order valence-corrected chi connectivity index (χ4v) is 5.36. The maximum Gasteiger partial charge on any atom is 0.167 e. The Morgan fingerprint density at radius 1 is 1.08 bits per heavy atom. The number of nitrogens with zero attached hydrogens (tertiary/aromatic N) is 3. The number of carbonyl (C=O) groups excluding carboxylic acids is 1. The van der Waals surface area contributed by atoms with E-state index in [1.165, 1.54) is 13.2 Å². The monoisotopic (exact) mass is 515 g/mol. The Kier molecular flexibility index (Phi) is 7.58. The van der Waals surface area contributed by atoms with Crippen LogP contribution in [0.5, 0.6) is 5.75 Å². The molecule has 38 heavy (non-hydrogen) atoms. The zero-order valence-corrected chi connectivity index (χ0v) is 22.2. The number of hydrogen-bond donors (Lipinski definition) is 0. The minimum Gasteiger partial charge on any atom is -0.497 e. The topological polar surface area (TPSA) is 54.9 Å². The molecule has 0 bridgehead atoms. The maximum absolute atomic E-state index is 15.6. The van der Waals surface area contributed by atoms with Gasteiger partial charge >= 0.3 is 0 Å². The lowest BCUT2D eigenvalue weighted by molar-refractivity contribution is -0.128. The smallest absolute Gasteiger partial charge is 0.167 e. The van der Waals surface area contributed by atoms with E-state index in [0.717, 1.165) is 24.5 Å². The SMILES string of the molecule is COc1ccc(C2/C(=C/c3cccc(N4CCOCC4)n3)C(=O)C(C)(C)CN2Cc2ccccc2)c(F)c1. The van der Waals surface area contributed by atoms with E-state index in [2.05, 4.69) is 21.9 Å². The first-order valence-electron chi connectivity index (χ1n) is 13.0. The fraction of sp³-hybridized carbons (Fsp3) is 0.355. The first-order chi connectivity index (χ1) is 18.4. The van der Waals surface area contributed by atoms with Crippen molar-refractivity contribution in [2.24, 2.45) is 5.41 Å². The third-order valence-electron chi connectivity index (χ3n) is 7.26. The molecule has 3 aromatic rings. The molecule has 1 atom stereocenters. The van der Waals surface area contributed by atoms with Crippen molar-refractivity contribution in [2.45, 2.75) is 26.4 Å². The summed E-state index contributed by atoms with van der Waals surface area (Å²) in [6.45, 7) is 7.84. The van der Waals surface area contributed by atoms with Crippen LogP contribution in [0, 0.1) is 11.2 Å². The van der Waals surface area contributed by atoms with E-state index in [0.29, 0.717) is 48.9 Å². The highest BCUT2D eigenvalue weighted by Gasteiger charge is 2.44. The summed E-state index contributed by atoms with van der Waals surface area (Å²) in [4.78, 5) is 23.2. The van der Waals surface area contributed by atoms with Crippen LogP contribution in [0.2, 0.25) is 0 Å². The third-order valence-corrected chi connectivity index (χ3v) is 7.26. The molecule has 5 rings (SSSR count). The molecule has 0 saturated carbocycles. The van der Waals surface area contributed by atoms with Crippen LogP contribution < -0.4 is 9.64 Å². The Labute approximate surface area is 223 Å². The van der Waals surface area contributed by atoms with Gasteiger partial charge in [-0.05, 0) is 29.8 Å². The Morgan fingerprint density at radius 3 is 2.55 bits per heavy atom. The van der Waals surface area contributed by atoms with Gasteiger partial charge in [-0.1, -0.05) is 56.3 Å². The number of ether oxygens (including phenoxy) is 2. The molecular weight excluding hydrogens is 481 g/mol. The largest absolute Gasteiger partial charge is 0.497 e. The van der Waals surface area contributed by atoms with Crippen LogP contribution in [0.3, 0.4) is 0 Å².